The summed E-state index contributed by atoms with van der Waals surface area (Å²) >= 11 is 0. The van der Waals surface area contributed by atoms with Crippen molar-refractivity contribution in [3.8, 4) is 11.1 Å². The number of benzene rings is 1. The minimum absolute atomic E-state index is 0.438. The van der Waals surface area contributed by atoms with Crippen LogP contribution in [0.2, 0.25) is 0 Å². The van der Waals surface area contributed by atoms with Crippen molar-refractivity contribution in [3.05, 3.63) is 77.6 Å². The Morgan fingerprint density at radius 1 is 1.03 bits per heavy atom. The smallest absolute Gasteiger partial charge is 0.252 e. The van der Waals surface area contributed by atoms with Gasteiger partial charge in [-0.15, -0.1) is 0 Å². The highest BCUT2D eigenvalue weighted by atomic mass is 15.3. The number of likely N-dealkylation sites (tertiary alicyclic amines) is 1. The van der Waals surface area contributed by atoms with Crippen LogP contribution in [-0.4, -0.2) is 42.6 Å². The number of fused-ring (bicyclic) bond motifs is 1. The molecule has 1 fully saturated rings. The molecule has 5 rings (SSSR count). The largest absolute Gasteiger partial charge is 0.298 e. The minimum Gasteiger partial charge on any atom is -0.298 e. The number of piperidine rings is 1. The number of aromatic nitrogens is 5. The van der Waals surface area contributed by atoms with E-state index in [4.69, 9.17) is 0 Å². The van der Waals surface area contributed by atoms with E-state index in [9.17, 15) is 0 Å². The van der Waals surface area contributed by atoms with E-state index in [0.717, 1.165) is 25.3 Å². The van der Waals surface area contributed by atoms with Gasteiger partial charge in [-0.3, -0.25) is 9.88 Å². The molecule has 30 heavy (non-hydrogen) atoms. The lowest BCUT2D eigenvalue weighted by Crippen LogP contribution is -2.35. The lowest BCUT2D eigenvalue weighted by molar-refractivity contribution is 0.197. The Bertz CT molecular complexity index is 1170. The Labute approximate surface area is 176 Å². The van der Waals surface area contributed by atoms with Gasteiger partial charge in [0.2, 0.25) is 0 Å². The molecule has 0 saturated carbocycles. The first-order valence-corrected chi connectivity index (χ1v) is 10.6. The molecular formula is C24H26N6. The van der Waals surface area contributed by atoms with E-state index < -0.39 is 0 Å². The molecule has 0 N–H and O–H groups in total. The molecule has 0 aliphatic carbocycles. The van der Waals surface area contributed by atoms with Gasteiger partial charge in [0.05, 0.1) is 5.69 Å². The summed E-state index contributed by atoms with van der Waals surface area (Å²) < 4.78 is 1.91. The van der Waals surface area contributed by atoms with Crippen molar-refractivity contribution in [1.29, 1.82) is 0 Å². The van der Waals surface area contributed by atoms with Crippen molar-refractivity contribution < 1.29 is 0 Å². The van der Waals surface area contributed by atoms with E-state index in [0.29, 0.717) is 11.7 Å². The molecule has 1 saturated heterocycles. The molecule has 1 aliphatic rings. The third kappa shape index (κ3) is 3.71. The summed E-state index contributed by atoms with van der Waals surface area (Å²) in [4.78, 5) is 15.5. The van der Waals surface area contributed by atoms with Crippen molar-refractivity contribution in [3.63, 3.8) is 0 Å². The topological polar surface area (TPSA) is 59.2 Å². The van der Waals surface area contributed by atoms with Gasteiger partial charge in [-0.2, -0.15) is 10.1 Å². The third-order valence-corrected chi connectivity index (χ3v) is 6.09. The van der Waals surface area contributed by atoms with Crippen molar-refractivity contribution in [2.24, 2.45) is 0 Å². The average molecular weight is 399 g/mol. The molecule has 152 valence electrons. The van der Waals surface area contributed by atoms with Crippen LogP contribution < -0.4 is 0 Å². The van der Waals surface area contributed by atoms with Gasteiger partial charge in [0.1, 0.15) is 6.33 Å². The van der Waals surface area contributed by atoms with Gasteiger partial charge >= 0.3 is 0 Å². The number of nitrogens with zero attached hydrogens (tertiary/aromatic N) is 6. The van der Waals surface area contributed by atoms with E-state index in [-0.39, 0.29) is 0 Å². The molecule has 6 nitrogen and oxygen atoms in total. The molecule has 1 unspecified atom stereocenters. The maximum atomic E-state index is 4.50. The Morgan fingerprint density at radius 2 is 1.90 bits per heavy atom. The summed E-state index contributed by atoms with van der Waals surface area (Å²) in [5, 5.41) is 4.42. The van der Waals surface area contributed by atoms with Crippen LogP contribution >= 0.6 is 0 Å². The lowest BCUT2D eigenvalue weighted by atomic mass is 9.93. The second kappa shape index (κ2) is 7.95. The molecule has 3 aromatic heterocycles. The molecule has 4 heterocycles. The van der Waals surface area contributed by atoms with Crippen LogP contribution in [0.4, 0.5) is 0 Å². The molecule has 0 radical (unpaired) electrons. The van der Waals surface area contributed by atoms with Crippen molar-refractivity contribution >= 4 is 5.78 Å². The van der Waals surface area contributed by atoms with Gasteiger partial charge in [0, 0.05) is 37.1 Å². The van der Waals surface area contributed by atoms with Crippen LogP contribution in [-0.2, 0) is 6.54 Å². The summed E-state index contributed by atoms with van der Waals surface area (Å²) in [6, 6.07) is 13.1. The number of hydrogen-bond donors (Lipinski definition) is 0. The van der Waals surface area contributed by atoms with E-state index in [1.54, 1.807) is 6.33 Å². The minimum atomic E-state index is 0.438. The molecule has 4 aromatic rings. The summed E-state index contributed by atoms with van der Waals surface area (Å²) in [6.45, 7) is 7.36. The Hall–Kier alpha value is -3.12. The number of pyridine rings is 1. The van der Waals surface area contributed by atoms with Crippen molar-refractivity contribution in [1.82, 2.24) is 29.5 Å². The summed E-state index contributed by atoms with van der Waals surface area (Å²) in [6.07, 6.45) is 7.66. The fraction of sp³-hybridized carbons (Fsp3) is 0.333. The molecule has 0 bridgehead atoms. The summed E-state index contributed by atoms with van der Waals surface area (Å²) in [5.41, 5.74) is 7.42. The van der Waals surface area contributed by atoms with Crippen LogP contribution in [0.1, 0.15) is 41.3 Å². The van der Waals surface area contributed by atoms with Crippen LogP contribution in [0.15, 0.2) is 55.1 Å². The zero-order valence-electron chi connectivity index (χ0n) is 17.5. The number of aryl methyl sites for hydroxylation is 2. The second-order valence-corrected chi connectivity index (χ2v) is 8.25. The van der Waals surface area contributed by atoms with E-state index in [2.05, 4.69) is 68.3 Å². The first-order chi connectivity index (χ1) is 14.7. The molecule has 0 amide bonds. The fourth-order valence-corrected chi connectivity index (χ4v) is 4.50. The normalized spacial score (nSPS) is 17.5. The molecule has 1 aromatic carbocycles. The van der Waals surface area contributed by atoms with Crippen molar-refractivity contribution in [2.75, 3.05) is 13.1 Å². The maximum absolute atomic E-state index is 4.50. The van der Waals surface area contributed by atoms with Gasteiger partial charge in [-0.25, -0.2) is 9.50 Å². The lowest BCUT2D eigenvalue weighted by Gasteiger charge is -2.33. The highest BCUT2D eigenvalue weighted by Crippen LogP contribution is 2.29. The Balaban J connectivity index is 1.39. The first kappa shape index (κ1) is 18.9. The van der Waals surface area contributed by atoms with Gasteiger partial charge in [0.25, 0.3) is 5.78 Å². The van der Waals surface area contributed by atoms with Crippen LogP contribution in [0.25, 0.3) is 16.9 Å². The first-order valence-electron chi connectivity index (χ1n) is 10.6. The third-order valence-electron chi connectivity index (χ3n) is 6.09. The molecule has 0 spiro atoms. The van der Waals surface area contributed by atoms with Crippen LogP contribution in [0, 0.1) is 13.8 Å². The van der Waals surface area contributed by atoms with E-state index in [1.165, 1.54) is 40.8 Å². The quantitative estimate of drug-likeness (QED) is 0.516. The van der Waals surface area contributed by atoms with Crippen LogP contribution in [0.5, 0.6) is 0 Å². The van der Waals surface area contributed by atoms with Gasteiger partial charge in [-0.1, -0.05) is 12.1 Å². The second-order valence-electron chi connectivity index (χ2n) is 8.25. The fourth-order valence-electron chi connectivity index (χ4n) is 4.50. The van der Waals surface area contributed by atoms with Crippen LogP contribution in [0.3, 0.4) is 0 Å². The zero-order valence-corrected chi connectivity index (χ0v) is 17.5. The molecular weight excluding hydrogens is 372 g/mol. The SMILES string of the molecule is Cc1cc(C2CCCN(Cc3cc(-c4ccncc4)ccc3C)C2)n2ncnc2n1. The maximum Gasteiger partial charge on any atom is 0.252 e. The van der Waals surface area contributed by atoms with Gasteiger partial charge in [0.15, 0.2) is 0 Å². The van der Waals surface area contributed by atoms with E-state index in [1.807, 2.05) is 23.8 Å². The predicted octanol–water partition coefficient (Wildman–Crippen LogP) is 4.18. The van der Waals surface area contributed by atoms with E-state index >= 15 is 0 Å². The highest BCUT2D eigenvalue weighted by Gasteiger charge is 2.24. The molecule has 1 aliphatic heterocycles. The zero-order chi connectivity index (χ0) is 20.5. The van der Waals surface area contributed by atoms with Gasteiger partial charge < -0.3 is 0 Å². The standard InChI is InChI=1S/C24H26N6/c1-17-5-6-20(19-7-9-25-10-8-19)13-22(17)15-29-11-3-4-21(14-29)23-12-18(2)28-24-26-16-27-30(23)24/h5-10,12-13,16,21H,3-4,11,14-15H2,1-2H3. The predicted molar refractivity (Wildman–Crippen MR) is 117 cm³/mol. The summed E-state index contributed by atoms with van der Waals surface area (Å²) in [7, 11) is 0. The Kier molecular flexibility index (Phi) is 5.01. The monoisotopic (exact) mass is 398 g/mol. The molecule has 1 atom stereocenters. The average Bonchev–Trinajstić information content (AvgIpc) is 3.24. The molecule has 6 heteroatoms. The van der Waals surface area contributed by atoms with Gasteiger partial charge in [-0.05, 0) is 79.8 Å². The summed E-state index contributed by atoms with van der Waals surface area (Å²) in [5.74, 6) is 1.14. The Morgan fingerprint density at radius 3 is 2.77 bits per heavy atom. The number of rotatable bonds is 4. The highest BCUT2D eigenvalue weighted by molar-refractivity contribution is 5.64. The van der Waals surface area contributed by atoms with Crippen molar-refractivity contribution in [2.45, 2.75) is 39.2 Å². The number of hydrogen-bond acceptors (Lipinski definition) is 5.